The molecule has 2 aliphatic rings. The number of amides is 2. The van der Waals surface area contributed by atoms with E-state index in [1.165, 1.54) is 6.08 Å². The number of carbonyl (C=O) groups excluding carboxylic acids is 2. The second-order valence-corrected chi connectivity index (χ2v) is 7.39. The summed E-state index contributed by atoms with van der Waals surface area (Å²) in [5, 5.41) is 1.47. The molecule has 0 radical (unpaired) electrons. The molecule has 1 aromatic rings. The molecule has 24 heavy (non-hydrogen) atoms. The van der Waals surface area contributed by atoms with Crippen LogP contribution in [0.3, 0.4) is 0 Å². The highest BCUT2D eigenvalue weighted by Crippen LogP contribution is 2.28. The molecule has 5 heteroatoms. The largest absolute Gasteiger partial charge is 0.443 e. The molecule has 0 saturated carbocycles. The summed E-state index contributed by atoms with van der Waals surface area (Å²) in [5.41, 5.74) is 1.19. The Morgan fingerprint density at radius 2 is 2.08 bits per heavy atom. The number of rotatable bonds is 1. The van der Waals surface area contributed by atoms with Crippen LogP contribution in [0, 0.1) is 5.92 Å². The SMILES string of the molecule is CC1CC=C(c2ccc3c(c2)=CC(=O)N=3)N(C(=O)OC(C)(C)C)C1. The molecule has 0 N–H and O–H groups in total. The Kier molecular flexibility index (Phi) is 4.03. The average molecular weight is 326 g/mol. The minimum Gasteiger partial charge on any atom is -0.443 e. The van der Waals surface area contributed by atoms with Gasteiger partial charge in [0.2, 0.25) is 0 Å². The number of ether oxygens (including phenoxy) is 1. The van der Waals surface area contributed by atoms with Gasteiger partial charge in [0.15, 0.2) is 0 Å². The van der Waals surface area contributed by atoms with Gasteiger partial charge in [-0.1, -0.05) is 19.1 Å². The molecule has 2 heterocycles. The second-order valence-electron chi connectivity index (χ2n) is 7.39. The van der Waals surface area contributed by atoms with Crippen molar-refractivity contribution in [3.05, 3.63) is 40.4 Å². The van der Waals surface area contributed by atoms with Crippen LogP contribution in [0.1, 0.15) is 39.7 Å². The molecule has 1 atom stereocenters. The summed E-state index contributed by atoms with van der Waals surface area (Å²) in [6.07, 6.45) is 4.14. The predicted octanol–water partition coefficient (Wildman–Crippen LogP) is 2.24. The second kappa shape index (κ2) is 5.89. The van der Waals surface area contributed by atoms with Crippen LogP contribution in [-0.4, -0.2) is 29.0 Å². The van der Waals surface area contributed by atoms with E-state index in [4.69, 9.17) is 4.74 Å². The van der Waals surface area contributed by atoms with E-state index in [0.717, 1.165) is 22.9 Å². The van der Waals surface area contributed by atoms with E-state index in [1.807, 2.05) is 39.0 Å². The van der Waals surface area contributed by atoms with E-state index in [0.29, 0.717) is 17.8 Å². The Labute approximate surface area is 141 Å². The third-order valence-electron chi connectivity index (χ3n) is 3.95. The third kappa shape index (κ3) is 3.40. The highest BCUT2D eigenvalue weighted by atomic mass is 16.6. The van der Waals surface area contributed by atoms with Crippen LogP contribution in [-0.2, 0) is 9.53 Å². The molecule has 2 aliphatic heterocycles. The molecule has 1 unspecified atom stereocenters. The fourth-order valence-electron chi connectivity index (χ4n) is 2.89. The number of benzene rings is 1. The Morgan fingerprint density at radius 1 is 1.33 bits per heavy atom. The summed E-state index contributed by atoms with van der Waals surface area (Å²) in [6, 6.07) is 5.62. The van der Waals surface area contributed by atoms with Gasteiger partial charge >= 0.3 is 6.09 Å². The first-order valence-corrected chi connectivity index (χ1v) is 8.18. The van der Waals surface area contributed by atoms with Crippen molar-refractivity contribution in [1.29, 1.82) is 0 Å². The Balaban J connectivity index is 1.97. The molecule has 0 aromatic heterocycles. The highest BCUT2D eigenvalue weighted by Gasteiger charge is 2.29. The summed E-state index contributed by atoms with van der Waals surface area (Å²) in [4.78, 5) is 29.7. The first kappa shape index (κ1) is 16.4. The van der Waals surface area contributed by atoms with Gasteiger partial charge in [0.25, 0.3) is 5.91 Å². The number of hydrogen-bond acceptors (Lipinski definition) is 3. The van der Waals surface area contributed by atoms with Gasteiger partial charge in [-0.25, -0.2) is 9.79 Å². The van der Waals surface area contributed by atoms with Crippen LogP contribution in [0.15, 0.2) is 29.3 Å². The Morgan fingerprint density at radius 3 is 2.79 bits per heavy atom. The zero-order valence-electron chi connectivity index (χ0n) is 14.5. The van der Waals surface area contributed by atoms with E-state index in [-0.39, 0.29) is 12.0 Å². The lowest BCUT2D eigenvalue weighted by Gasteiger charge is -2.33. The fraction of sp³-hybridized carbons (Fsp3) is 0.421. The van der Waals surface area contributed by atoms with Gasteiger partial charge in [0, 0.05) is 17.8 Å². The van der Waals surface area contributed by atoms with Crippen LogP contribution < -0.4 is 10.6 Å². The molecule has 126 valence electrons. The van der Waals surface area contributed by atoms with Crippen molar-refractivity contribution in [3.63, 3.8) is 0 Å². The van der Waals surface area contributed by atoms with Crippen molar-refractivity contribution < 1.29 is 14.3 Å². The standard InChI is InChI=1S/C19H22N2O3/c1-12-5-8-16(21(11-12)18(23)24-19(2,3)4)13-6-7-15-14(9-13)10-17(22)20-15/h6-10,12H,5,11H2,1-4H3. The molecule has 0 saturated heterocycles. The molecular formula is C19H22N2O3. The number of fused-ring (bicyclic) bond motifs is 1. The quantitative estimate of drug-likeness (QED) is 0.795. The Hall–Kier alpha value is -2.43. The Bertz CT molecular complexity index is 846. The molecule has 0 spiro atoms. The minimum atomic E-state index is -0.542. The summed E-state index contributed by atoms with van der Waals surface area (Å²) < 4.78 is 5.55. The lowest BCUT2D eigenvalue weighted by Crippen LogP contribution is -2.40. The molecule has 0 fully saturated rings. The van der Waals surface area contributed by atoms with Crippen LogP contribution >= 0.6 is 0 Å². The van der Waals surface area contributed by atoms with Gasteiger partial charge in [-0.3, -0.25) is 9.69 Å². The van der Waals surface area contributed by atoms with Crippen LogP contribution in [0.5, 0.6) is 0 Å². The van der Waals surface area contributed by atoms with Crippen LogP contribution in [0.25, 0.3) is 11.8 Å². The molecular weight excluding hydrogens is 304 g/mol. The first-order chi connectivity index (χ1) is 11.2. The summed E-state index contributed by atoms with van der Waals surface area (Å²) in [5.74, 6) is 0.135. The van der Waals surface area contributed by atoms with Crippen molar-refractivity contribution in [2.24, 2.45) is 10.9 Å². The van der Waals surface area contributed by atoms with Gasteiger partial charge in [-0.05, 0) is 50.8 Å². The van der Waals surface area contributed by atoms with Gasteiger partial charge in [-0.15, -0.1) is 0 Å². The van der Waals surface area contributed by atoms with Gasteiger partial charge < -0.3 is 4.74 Å². The minimum absolute atomic E-state index is 0.239. The molecule has 1 aromatic carbocycles. The maximum Gasteiger partial charge on any atom is 0.414 e. The highest BCUT2D eigenvalue weighted by molar-refractivity contribution is 6.06. The van der Waals surface area contributed by atoms with Crippen molar-refractivity contribution in [3.8, 4) is 0 Å². The maximum atomic E-state index is 12.6. The molecule has 0 aliphatic carbocycles. The summed E-state index contributed by atoms with van der Waals surface area (Å²) in [7, 11) is 0. The lowest BCUT2D eigenvalue weighted by atomic mass is 9.98. The molecule has 5 nitrogen and oxygen atoms in total. The van der Waals surface area contributed by atoms with E-state index >= 15 is 0 Å². The third-order valence-corrected chi connectivity index (χ3v) is 3.95. The van der Waals surface area contributed by atoms with Crippen molar-refractivity contribution in [2.75, 3.05) is 6.54 Å². The zero-order chi connectivity index (χ0) is 17.5. The summed E-state index contributed by atoms with van der Waals surface area (Å²) in [6.45, 7) is 8.31. The van der Waals surface area contributed by atoms with Gasteiger partial charge in [-0.2, -0.15) is 0 Å². The summed E-state index contributed by atoms with van der Waals surface area (Å²) >= 11 is 0. The normalized spacial score (nSPS) is 20.0. The zero-order valence-corrected chi connectivity index (χ0v) is 14.5. The monoisotopic (exact) mass is 326 g/mol. The van der Waals surface area contributed by atoms with Crippen molar-refractivity contribution in [1.82, 2.24) is 4.90 Å². The van der Waals surface area contributed by atoms with Crippen molar-refractivity contribution in [2.45, 2.75) is 39.7 Å². The average Bonchev–Trinajstić information content (AvgIpc) is 2.84. The van der Waals surface area contributed by atoms with E-state index in [2.05, 4.69) is 18.0 Å². The topological polar surface area (TPSA) is 59.0 Å². The molecule has 2 amide bonds. The number of nitrogens with zero attached hydrogens (tertiary/aromatic N) is 2. The van der Waals surface area contributed by atoms with E-state index < -0.39 is 5.60 Å². The molecule has 3 rings (SSSR count). The van der Waals surface area contributed by atoms with Crippen molar-refractivity contribution >= 4 is 23.8 Å². The number of carbonyl (C=O) groups is 2. The van der Waals surface area contributed by atoms with Gasteiger partial charge in [0.1, 0.15) is 5.60 Å². The number of allylic oxidation sites excluding steroid dienone is 1. The van der Waals surface area contributed by atoms with Gasteiger partial charge in [0.05, 0.1) is 11.1 Å². The van der Waals surface area contributed by atoms with Crippen LogP contribution in [0.4, 0.5) is 4.79 Å². The number of hydrogen-bond donors (Lipinski definition) is 0. The lowest BCUT2D eigenvalue weighted by molar-refractivity contribution is -0.112. The fourth-order valence-corrected chi connectivity index (χ4v) is 2.89. The predicted molar refractivity (Wildman–Crippen MR) is 91.4 cm³/mol. The maximum absolute atomic E-state index is 12.6. The smallest absolute Gasteiger partial charge is 0.414 e. The van der Waals surface area contributed by atoms with Crippen LogP contribution in [0.2, 0.25) is 0 Å². The van der Waals surface area contributed by atoms with E-state index in [9.17, 15) is 9.59 Å². The van der Waals surface area contributed by atoms with E-state index in [1.54, 1.807) is 4.90 Å². The first-order valence-electron chi connectivity index (χ1n) is 8.18. The molecule has 0 bridgehead atoms.